The molecule has 0 aliphatic carbocycles. The first-order valence-corrected chi connectivity index (χ1v) is 9.71. The van der Waals surface area contributed by atoms with E-state index < -0.39 is 5.41 Å². The molecule has 0 aromatic heterocycles. The van der Waals surface area contributed by atoms with Crippen molar-refractivity contribution >= 4 is 5.97 Å². The Morgan fingerprint density at radius 3 is 2.14 bits per heavy atom. The fourth-order valence-electron chi connectivity index (χ4n) is 3.73. The second-order valence-corrected chi connectivity index (χ2v) is 7.04. The van der Waals surface area contributed by atoms with E-state index in [0.717, 1.165) is 37.2 Å². The fraction of sp³-hybridized carbons (Fsp3) is 0.667. The standard InChI is InChI=1S/C21H33NO6/c1-6-28-20(23)21(9-12-24-2)7-10-22(11-8-21)15-16-13-18(26-4)19(27-5)14-17(16)25-3/h13-14H,6-12,15H2,1-5H3. The van der Waals surface area contributed by atoms with Crippen molar-refractivity contribution in [3.63, 3.8) is 0 Å². The van der Waals surface area contributed by atoms with Gasteiger partial charge in [0.2, 0.25) is 0 Å². The van der Waals surface area contributed by atoms with E-state index in [1.165, 1.54) is 0 Å². The number of hydrogen-bond acceptors (Lipinski definition) is 7. The number of rotatable bonds is 10. The summed E-state index contributed by atoms with van der Waals surface area (Å²) in [4.78, 5) is 14.9. The predicted molar refractivity (Wildman–Crippen MR) is 106 cm³/mol. The largest absolute Gasteiger partial charge is 0.496 e. The van der Waals surface area contributed by atoms with E-state index in [1.54, 1.807) is 28.4 Å². The van der Waals surface area contributed by atoms with Gasteiger partial charge in [-0.2, -0.15) is 0 Å². The SMILES string of the molecule is CCOC(=O)C1(CCOC)CCN(Cc2cc(OC)c(OC)cc2OC)CC1. The Morgan fingerprint density at radius 1 is 1.00 bits per heavy atom. The van der Waals surface area contributed by atoms with Gasteiger partial charge in [-0.1, -0.05) is 0 Å². The molecule has 0 radical (unpaired) electrons. The second-order valence-electron chi connectivity index (χ2n) is 7.04. The molecule has 1 aromatic carbocycles. The molecule has 2 rings (SSSR count). The quantitative estimate of drug-likeness (QED) is 0.564. The van der Waals surface area contributed by atoms with Crippen LogP contribution in [0.5, 0.6) is 17.2 Å². The molecular formula is C21H33NO6. The molecular weight excluding hydrogens is 362 g/mol. The van der Waals surface area contributed by atoms with Crippen molar-refractivity contribution in [2.75, 3.05) is 54.7 Å². The van der Waals surface area contributed by atoms with Gasteiger partial charge in [0, 0.05) is 31.9 Å². The smallest absolute Gasteiger partial charge is 0.312 e. The number of piperidine rings is 1. The molecule has 0 spiro atoms. The molecule has 0 N–H and O–H groups in total. The highest BCUT2D eigenvalue weighted by Crippen LogP contribution is 2.39. The molecule has 1 aliphatic rings. The van der Waals surface area contributed by atoms with Crippen LogP contribution in [0, 0.1) is 5.41 Å². The summed E-state index contributed by atoms with van der Waals surface area (Å²) in [6.07, 6.45) is 2.20. The van der Waals surface area contributed by atoms with Gasteiger partial charge in [-0.25, -0.2) is 0 Å². The highest BCUT2D eigenvalue weighted by molar-refractivity contribution is 5.77. The van der Waals surface area contributed by atoms with Crippen LogP contribution in [0.25, 0.3) is 0 Å². The van der Waals surface area contributed by atoms with Crippen molar-refractivity contribution < 1.29 is 28.5 Å². The van der Waals surface area contributed by atoms with Crippen LogP contribution < -0.4 is 14.2 Å². The Balaban J connectivity index is 2.11. The van der Waals surface area contributed by atoms with E-state index in [0.29, 0.717) is 37.7 Å². The maximum Gasteiger partial charge on any atom is 0.312 e. The normalized spacial score (nSPS) is 16.5. The first kappa shape index (κ1) is 22.3. The van der Waals surface area contributed by atoms with E-state index in [1.807, 2.05) is 19.1 Å². The van der Waals surface area contributed by atoms with Crippen LogP contribution in [0.4, 0.5) is 0 Å². The number of benzene rings is 1. The molecule has 0 unspecified atom stereocenters. The van der Waals surface area contributed by atoms with Gasteiger partial charge in [-0.15, -0.1) is 0 Å². The third kappa shape index (κ3) is 5.08. The maximum atomic E-state index is 12.6. The molecule has 158 valence electrons. The lowest BCUT2D eigenvalue weighted by Gasteiger charge is -2.40. The molecule has 1 fully saturated rings. The van der Waals surface area contributed by atoms with E-state index in [4.69, 9.17) is 23.7 Å². The number of likely N-dealkylation sites (tertiary alicyclic amines) is 1. The minimum atomic E-state index is -0.454. The average Bonchev–Trinajstić information content (AvgIpc) is 2.73. The molecule has 0 atom stereocenters. The van der Waals surface area contributed by atoms with Crippen molar-refractivity contribution in [1.82, 2.24) is 4.90 Å². The summed E-state index contributed by atoms with van der Waals surface area (Å²) in [6.45, 7) is 5.13. The number of carbonyl (C=O) groups is 1. The van der Waals surface area contributed by atoms with Gasteiger partial charge >= 0.3 is 5.97 Å². The van der Waals surface area contributed by atoms with Crippen LogP contribution in [0.3, 0.4) is 0 Å². The number of hydrogen-bond donors (Lipinski definition) is 0. The third-order valence-corrected chi connectivity index (χ3v) is 5.49. The zero-order chi connectivity index (χ0) is 20.6. The Morgan fingerprint density at radius 2 is 1.61 bits per heavy atom. The fourth-order valence-corrected chi connectivity index (χ4v) is 3.73. The van der Waals surface area contributed by atoms with Crippen LogP contribution in [0.1, 0.15) is 31.7 Å². The van der Waals surface area contributed by atoms with Crippen LogP contribution >= 0.6 is 0 Å². The molecule has 1 aliphatic heterocycles. The summed E-state index contributed by atoms with van der Waals surface area (Å²) in [7, 11) is 6.55. The first-order chi connectivity index (χ1) is 13.5. The van der Waals surface area contributed by atoms with Crippen molar-refractivity contribution in [3.8, 4) is 17.2 Å². The monoisotopic (exact) mass is 395 g/mol. The summed E-state index contributed by atoms with van der Waals surface area (Å²) in [5, 5.41) is 0. The summed E-state index contributed by atoms with van der Waals surface area (Å²) in [5.74, 6) is 1.98. The van der Waals surface area contributed by atoms with Crippen molar-refractivity contribution in [2.24, 2.45) is 5.41 Å². The minimum absolute atomic E-state index is 0.101. The lowest BCUT2D eigenvalue weighted by molar-refractivity contribution is -0.160. The number of carbonyl (C=O) groups excluding carboxylic acids is 1. The van der Waals surface area contributed by atoms with Crippen LogP contribution in [-0.2, 0) is 20.8 Å². The Labute approximate surface area is 167 Å². The summed E-state index contributed by atoms with van der Waals surface area (Å²) in [5.41, 5.74) is 0.574. The molecule has 7 nitrogen and oxygen atoms in total. The van der Waals surface area contributed by atoms with E-state index in [-0.39, 0.29) is 5.97 Å². The summed E-state index contributed by atoms with van der Waals surface area (Å²) in [6, 6.07) is 3.80. The minimum Gasteiger partial charge on any atom is -0.496 e. The number of esters is 1. The highest BCUT2D eigenvalue weighted by atomic mass is 16.5. The van der Waals surface area contributed by atoms with Crippen LogP contribution in [0.15, 0.2) is 12.1 Å². The molecule has 0 bridgehead atoms. The third-order valence-electron chi connectivity index (χ3n) is 5.49. The molecule has 0 saturated carbocycles. The average molecular weight is 395 g/mol. The zero-order valence-electron chi connectivity index (χ0n) is 17.7. The van der Waals surface area contributed by atoms with Gasteiger partial charge in [0.15, 0.2) is 11.5 Å². The topological polar surface area (TPSA) is 66.5 Å². The van der Waals surface area contributed by atoms with E-state index in [9.17, 15) is 4.79 Å². The Kier molecular flexibility index (Phi) is 8.38. The summed E-state index contributed by atoms with van der Waals surface area (Å²) >= 11 is 0. The van der Waals surface area contributed by atoms with Crippen molar-refractivity contribution in [1.29, 1.82) is 0 Å². The van der Waals surface area contributed by atoms with Gasteiger partial charge in [0.1, 0.15) is 5.75 Å². The Bertz CT molecular complexity index is 640. The van der Waals surface area contributed by atoms with Gasteiger partial charge in [0.25, 0.3) is 0 Å². The van der Waals surface area contributed by atoms with Gasteiger partial charge < -0.3 is 23.7 Å². The van der Waals surface area contributed by atoms with Gasteiger partial charge in [-0.05, 0) is 45.3 Å². The van der Waals surface area contributed by atoms with Crippen LogP contribution in [-0.4, -0.2) is 65.6 Å². The van der Waals surface area contributed by atoms with Crippen molar-refractivity contribution in [3.05, 3.63) is 17.7 Å². The zero-order valence-corrected chi connectivity index (χ0v) is 17.7. The van der Waals surface area contributed by atoms with E-state index >= 15 is 0 Å². The van der Waals surface area contributed by atoms with Crippen molar-refractivity contribution in [2.45, 2.75) is 32.7 Å². The number of nitrogens with zero attached hydrogens (tertiary/aromatic N) is 1. The lowest BCUT2D eigenvalue weighted by atomic mass is 9.75. The molecule has 1 heterocycles. The second kappa shape index (κ2) is 10.5. The lowest BCUT2D eigenvalue weighted by Crippen LogP contribution is -2.45. The number of methoxy groups -OCH3 is 4. The molecule has 7 heteroatoms. The number of ether oxygens (including phenoxy) is 5. The van der Waals surface area contributed by atoms with Crippen LogP contribution in [0.2, 0.25) is 0 Å². The molecule has 1 aromatic rings. The Hall–Kier alpha value is -1.99. The van der Waals surface area contributed by atoms with Gasteiger partial charge in [0.05, 0.1) is 33.4 Å². The molecule has 1 saturated heterocycles. The molecule has 0 amide bonds. The highest BCUT2D eigenvalue weighted by Gasteiger charge is 2.42. The van der Waals surface area contributed by atoms with E-state index in [2.05, 4.69) is 4.90 Å². The molecule has 28 heavy (non-hydrogen) atoms. The van der Waals surface area contributed by atoms with Gasteiger partial charge in [-0.3, -0.25) is 9.69 Å². The summed E-state index contributed by atoms with van der Waals surface area (Å²) < 4.78 is 26.9. The maximum absolute atomic E-state index is 12.6. The first-order valence-electron chi connectivity index (χ1n) is 9.71. The predicted octanol–water partition coefficient (Wildman–Crippen LogP) is 2.89.